The van der Waals surface area contributed by atoms with Crippen molar-refractivity contribution in [1.82, 2.24) is 15.2 Å². The Balaban J connectivity index is 1.57. The topological polar surface area (TPSA) is 57.7 Å². The van der Waals surface area contributed by atoms with E-state index in [9.17, 15) is 4.79 Å². The summed E-state index contributed by atoms with van der Waals surface area (Å²) in [4.78, 5) is 21.3. The van der Waals surface area contributed by atoms with Crippen LogP contribution < -0.4 is 15.0 Å². The molecule has 0 radical (unpaired) electrons. The summed E-state index contributed by atoms with van der Waals surface area (Å²) in [6, 6.07) is 6.36. The van der Waals surface area contributed by atoms with Gasteiger partial charge in [-0.15, -0.1) is 0 Å². The largest absolute Gasteiger partial charge is 0.496 e. The predicted octanol–water partition coefficient (Wildman–Crippen LogP) is 3.36. The number of hydrogen-bond donors (Lipinski definition) is 1. The SMILES string of the molecule is COc1c(C)cnc(CNC(=O)N2CCN(c3cccc(C)c3C)CC2)c1C. The number of piperazine rings is 1. The summed E-state index contributed by atoms with van der Waals surface area (Å²) in [5, 5.41) is 3.01. The molecule has 1 aliphatic heterocycles. The van der Waals surface area contributed by atoms with E-state index in [-0.39, 0.29) is 6.03 Å². The highest BCUT2D eigenvalue weighted by Gasteiger charge is 2.22. The molecule has 150 valence electrons. The zero-order chi connectivity index (χ0) is 20.3. The average molecular weight is 383 g/mol. The molecular weight excluding hydrogens is 352 g/mol. The van der Waals surface area contributed by atoms with Crippen molar-refractivity contribution in [1.29, 1.82) is 0 Å². The highest BCUT2D eigenvalue weighted by atomic mass is 16.5. The molecule has 0 saturated carbocycles. The summed E-state index contributed by atoms with van der Waals surface area (Å²) in [6.45, 7) is 11.7. The summed E-state index contributed by atoms with van der Waals surface area (Å²) >= 11 is 0. The van der Waals surface area contributed by atoms with Crippen molar-refractivity contribution in [2.75, 3.05) is 38.2 Å². The van der Waals surface area contributed by atoms with Gasteiger partial charge in [-0.25, -0.2) is 4.79 Å². The fourth-order valence-corrected chi connectivity index (χ4v) is 3.75. The Kier molecular flexibility index (Phi) is 6.07. The van der Waals surface area contributed by atoms with Crippen LogP contribution in [-0.4, -0.2) is 49.2 Å². The van der Waals surface area contributed by atoms with Gasteiger partial charge in [0.05, 0.1) is 19.3 Å². The number of anilines is 1. The Bertz CT molecular complexity index is 858. The van der Waals surface area contributed by atoms with E-state index in [4.69, 9.17) is 4.74 Å². The molecule has 6 nitrogen and oxygen atoms in total. The van der Waals surface area contributed by atoms with Gasteiger partial charge in [-0.1, -0.05) is 12.1 Å². The fourth-order valence-electron chi connectivity index (χ4n) is 3.75. The van der Waals surface area contributed by atoms with E-state index in [0.717, 1.165) is 35.7 Å². The monoisotopic (exact) mass is 382 g/mol. The molecule has 1 fully saturated rings. The predicted molar refractivity (Wildman–Crippen MR) is 112 cm³/mol. The third-order valence-corrected chi connectivity index (χ3v) is 5.64. The van der Waals surface area contributed by atoms with Crippen LogP contribution in [0.3, 0.4) is 0 Å². The van der Waals surface area contributed by atoms with Crippen LogP contribution in [0, 0.1) is 27.7 Å². The van der Waals surface area contributed by atoms with Crippen LogP contribution in [0.25, 0.3) is 0 Å². The van der Waals surface area contributed by atoms with Crippen LogP contribution in [0.2, 0.25) is 0 Å². The van der Waals surface area contributed by atoms with Gasteiger partial charge in [0, 0.05) is 49.2 Å². The van der Waals surface area contributed by atoms with Crippen LogP contribution in [-0.2, 0) is 6.54 Å². The fraction of sp³-hybridized carbons (Fsp3) is 0.455. The summed E-state index contributed by atoms with van der Waals surface area (Å²) in [5.41, 5.74) is 6.70. The minimum absolute atomic E-state index is 0.0404. The van der Waals surface area contributed by atoms with E-state index in [1.165, 1.54) is 16.8 Å². The molecule has 1 N–H and O–H groups in total. The minimum atomic E-state index is -0.0404. The highest BCUT2D eigenvalue weighted by molar-refractivity contribution is 5.74. The van der Waals surface area contributed by atoms with Gasteiger partial charge in [-0.3, -0.25) is 4.98 Å². The summed E-state index contributed by atoms with van der Waals surface area (Å²) in [7, 11) is 1.66. The van der Waals surface area contributed by atoms with Crippen molar-refractivity contribution < 1.29 is 9.53 Å². The molecule has 0 bridgehead atoms. The molecule has 3 rings (SSSR count). The van der Waals surface area contributed by atoms with Crippen LogP contribution in [0.15, 0.2) is 24.4 Å². The number of nitrogens with one attached hydrogen (secondary N) is 1. The molecule has 1 aromatic heterocycles. The number of aromatic nitrogens is 1. The number of methoxy groups -OCH3 is 1. The quantitative estimate of drug-likeness (QED) is 0.881. The Morgan fingerprint density at radius 2 is 1.79 bits per heavy atom. The van der Waals surface area contributed by atoms with Gasteiger partial charge >= 0.3 is 6.03 Å². The maximum absolute atomic E-state index is 12.6. The molecule has 2 heterocycles. The second-order valence-corrected chi connectivity index (χ2v) is 7.40. The van der Waals surface area contributed by atoms with Gasteiger partial charge in [0.2, 0.25) is 0 Å². The van der Waals surface area contributed by atoms with Gasteiger partial charge in [-0.2, -0.15) is 0 Å². The molecule has 2 aromatic rings. The molecule has 0 atom stereocenters. The van der Waals surface area contributed by atoms with Gasteiger partial charge in [0.15, 0.2) is 0 Å². The number of hydrogen-bond acceptors (Lipinski definition) is 4. The number of nitrogens with zero attached hydrogens (tertiary/aromatic N) is 3. The van der Waals surface area contributed by atoms with Crippen LogP contribution in [0.5, 0.6) is 5.75 Å². The Morgan fingerprint density at radius 3 is 2.46 bits per heavy atom. The first-order valence-electron chi connectivity index (χ1n) is 9.75. The van der Waals surface area contributed by atoms with E-state index in [2.05, 4.69) is 47.2 Å². The molecule has 1 aliphatic rings. The third-order valence-electron chi connectivity index (χ3n) is 5.64. The van der Waals surface area contributed by atoms with Gasteiger partial charge in [0.25, 0.3) is 0 Å². The molecule has 0 unspecified atom stereocenters. The lowest BCUT2D eigenvalue weighted by molar-refractivity contribution is 0.193. The first-order valence-corrected chi connectivity index (χ1v) is 9.75. The minimum Gasteiger partial charge on any atom is -0.496 e. The number of amides is 2. The van der Waals surface area contributed by atoms with Crippen LogP contribution in [0.1, 0.15) is 27.9 Å². The van der Waals surface area contributed by atoms with Crippen molar-refractivity contribution in [2.45, 2.75) is 34.2 Å². The normalized spacial score (nSPS) is 14.2. The molecule has 1 saturated heterocycles. The van der Waals surface area contributed by atoms with Crippen molar-refractivity contribution in [3.8, 4) is 5.75 Å². The van der Waals surface area contributed by atoms with Gasteiger partial charge in [0.1, 0.15) is 5.75 Å². The lowest BCUT2D eigenvalue weighted by atomic mass is 10.1. The molecule has 0 spiro atoms. The van der Waals surface area contributed by atoms with Crippen LogP contribution in [0.4, 0.5) is 10.5 Å². The van der Waals surface area contributed by atoms with E-state index >= 15 is 0 Å². The third kappa shape index (κ3) is 4.06. The number of carbonyl (C=O) groups excluding carboxylic acids is 1. The summed E-state index contributed by atoms with van der Waals surface area (Å²) in [6.07, 6.45) is 1.79. The first-order chi connectivity index (χ1) is 13.4. The zero-order valence-corrected chi connectivity index (χ0v) is 17.5. The zero-order valence-electron chi connectivity index (χ0n) is 17.5. The highest BCUT2D eigenvalue weighted by Crippen LogP contribution is 2.25. The number of rotatable bonds is 4. The number of aryl methyl sites for hydroxylation is 2. The molecule has 0 aliphatic carbocycles. The maximum Gasteiger partial charge on any atom is 0.317 e. The van der Waals surface area contributed by atoms with Crippen molar-refractivity contribution in [2.24, 2.45) is 0 Å². The van der Waals surface area contributed by atoms with Crippen LogP contribution >= 0.6 is 0 Å². The number of ether oxygens (including phenoxy) is 1. The Labute approximate surface area is 167 Å². The molecule has 2 amide bonds. The number of carbonyl (C=O) groups is 1. The number of urea groups is 1. The molecule has 28 heavy (non-hydrogen) atoms. The number of pyridine rings is 1. The standard InChI is InChI=1S/C22H30N4O2/c1-15-7-6-8-20(17(15)3)25-9-11-26(12-10-25)22(27)24-14-19-18(4)21(28-5)16(2)13-23-19/h6-8,13H,9-12,14H2,1-5H3,(H,24,27). The summed E-state index contributed by atoms with van der Waals surface area (Å²) in [5.74, 6) is 0.835. The lowest BCUT2D eigenvalue weighted by Gasteiger charge is -2.37. The van der Waals surface area contributed by atoms with Gasteiger partial charge in [-0.05, 0) is 44.9 Å². The Morgan fingerprint density at radius 1 is 1.07 bits per heavy atom. The van der Waals surface area contributed by atoms with E-state index in [0.29, 0.717) is 19.6 Å². The number of benzene rings is 1. The molecule has 1 aromatic carbocycles. The Hall–Kier alpha value is -2.76. The summed E-state index contributed by atoms with van der Waals surface area (Å²) < 4.78 is 5.44. The van der Waals surface area contributed by atoms with Crippen molar-refractivity contribution in [3.63, 3.8) is 0 Å². The van der Waals surface area contributed by atoms with E-state index in [1.54, 1.807) is 13.3 Å². The molecular formula is C22H30N4O2. The smallest absolute Gasteiger partial charge is 0.317 e. The second-order valence-electron chi connectivity index (χ2n) is 7.40. The van der Waals surface area contributed by atoms with Crippen molar-refractivity contribution in [3.05, 3.63) is 52.3 Å². The van der Waals surface area contributed by atoms with Crippen molar-refractivity contribution >= 4 is 11.7 Å². The maximum atomic E-state index is 12.6. The van der Waals surface area contributed by atoms with E-state index in [1.807, 2.05) is 18.7 Å². The lowest BCUT2D eigenvalue weighted by Crippen LogP contribution is -2.52. The average Bonchev–Trinajstić information content (AvgIpc) is 2.70. The molecule has 6 heteroatoms. The first kappa shape index (κ1) is 20.0. The van der Waals surface area contributed by atoms with Gasteiger partial charge < -0.3 is 19.9 Å². The van der Waals surface area contributed by atoms with E-state index < -0.39 is 0 Å². The second kappa shape index (κ2) is 8.50.